The number of nitrogens with one attached hydrogen (secondary N) is 1. The van der Waals surface area contributed by atoms with Gasteiger partial charge in [-0.05, 0) is 71.1 Å². The molecule has 3 aromatic carbocycles. The first kappa shape index (κ1) is 21.7. The summed E-state index contributed by atoms with van der Waals surface area (Å²) in [5, 5.41) is 8.94. The number of fused-ring (bicyclic) bond motifs is 2. The number of halogens is 1. The second kappa shape index (κ2) is 8.99. The Hall–Kier alpha value is -4.17. The second-order valence-corrected chi connectivity index (χ2v) is 8.08. The Bertz CT molecular complexity index is 1300. The SMILES string of the molecule is O=C(NO)c1ccc2c(c1)CN(C(=O)/C(=C/c1ccc(F)cc1)c1ccc3c(c1)OCO3)CC2. The molecule has 0 atom stereocenters. The molecular weight excluding hydrogens is 439 g/mol. The fraction of sp³-hybridized carbons (Fsp3) is 0.154. The van der Waals surface area contributed by atoms with Crippen LogP contribution in [0.15, 0.2) is 60.7 Å². The Morgan fingerprint density at radius 3 is 2.50 bits per heavy atom. The third-order valence-corrected chi connectivity index (χ3v) is 5.96. The molecule has 2 amide bonds. The van der Waals surface area contributed by atoms with Gasteiger partial charge in [0.15, 0.2) is 11.5 Å². The van der Waals surface area contributed by atoms with Gasteiger partial charge in [-0.15, -0.1) is 0 Å². The highest BCUT2D eigenvalue weighted by molar-refractivity contribution is 6.24. The standard InChI is InChI=1S/C26H21FN2O5/c27-21-6-1-16(2-7-21)11-22(18-5-8-23-24(13-18)34-15-33-23)26(31)29-10-9-17-3-4-19(25(30)28-32)12-20(17)14-29/h1-8,11-13,32H,9-10,14-15H2,(H,28,30)/b22-11+. The molecule has 0 aromatic heterocycles. The van der Waals surface area contributed by atoms with Crippen molar-refractivity contribution >= 4 is 23.5 Å². The summed E-state index contributed by atoms with van der Waals surface area (Å²) in [5.74, 6) is -0.00399. The number of carbonyl (C=O) groups is 2. The lowest BCUT2D eigenvalue weighted by Gasteiger charge is -2.30. The molecule has 0 bridgehead atoms. The summed E-state index contributed by atoms with van der Waals surface area (Å²) in [6.45, 7) is 0.936. The third kappa shape index (κ3) is 4.23. The van der Waals surface area contributed by atoms with Crippen LogP contribution in [0, 0.1) is 5.82 Å². The van der Waals surface area contributed by atoms with Crippen LogP contribution < -0.4 is 15.0 Å². The van der Waals surface area contributed by atoms with E-state index in [9.17, 15) is 14.0 Å². The molecule has 8 heteroatoms. The number of hydrogen-bond acceptors (Lipinski definition) is 5. The molecule has 2 heterocycles. The normalized spacial score (nSPS) is 14.5. The van der Waals surface area contributed by atoms with Gasteiger partial charge in [0.2, 0.25) is 6.79 Å². The summed E-state index contributed by atoms with van der Waals surface area (Å²) in [7, 11) is 0. The van der Waals surface area contributed by atoms with Gasteiger partial charge in [-0.2, -0.15) is 0 Å². The van der Waals surface area contributed by atoms with E-state index < -0.39 is 5.91 Å². The molecule has 0 saturated heterocycles. The maximum Gasteiger partial charge on any atom is 0.274 e. The van der Waals surface area contributed by atoms with Gasteiger partial charge >= 0.3 is 0 Å². The van der Waals surface area contributed by atoms with E-state index in [1.807, 2.05) is 6.07 Å². The lowest BCUT2D eigenvalue weighted by molar-refractivity contribution is -0.125. The lowest BCUT2D eigenvalue weighted by Crippen LogP contribution is -2.36. The monoisotopic (exact) mass is 460 g/mol. The molecule has 0 spiro atoms. The zero-order chi connectivity index (χ0) is 23.7. The number of ether oxygens (including phenoxy) is 2. The van der Waals surface area contributed by atoms with E-state index in [1.165, 1.54) is 12.1 Å². The molecule has 172 valence electrons. The molecule has 3 aromatic rings. The maximum atomic E-state index is 13.7. The Kier molecular flexibility index (Phi) is 5.73. The van der Waals surface area contributed by atoms with Crippen LogP contribution in [0.1, 0.15) is 32.6 Å². The molecule has 2 aliphatic rings. The van der Waals surface area contributed by atoms with Crippen LogP contribution in [0.3, 0.4) is 0 Å². The lowest BCUT2D eigenvalue weighted by atomic mass is 9.95. The molecule has 2 aliphatic heterocycles. The topological polar surface area (TPSA) is 88.1 Å². The van der Waals surface area contributed by atoms with E-state index >= 15 is 0 Å². The first-order valence-electron chi connectivity index (χ1n) is 10.7. The Balaban J connectivity index is 1.50. The van der Waals surface area contributed by atoms with Crippen molar-refractivity contribution in [3.05, 3.63) is 94.3 Å². The van der Waals surface area contributed by atoms with Crippen molar-refractivity contribution in [3.8, 4) is 11.5 Å². The number of hydrogen-bond donors (Lipinski definition) is 2. The fourth-order valence-electron chi connectivity index (χ4n) is 4.16. The summed E-state index contributed by atoms with van der Waals surface area (Å²) in [4.78, 5) is 27.3. The average molecular weight is 460 g/mol. The number of amides is 2. The molecule has 34 heavy (non-hydrogen) atoms. The van der Waals surface area contributed by atoms with Gasteiger partial charge in [0.05, 0.1) is 0 Å². The van der Waals surface area contributed by atoms with Crippen LogP contribution in [0.5, 0.6) is 11.5 Å². The maximum absolute atomic E-state index is 13.7. The van der Waals surface area contributed by atoms with E-state index in [-0.39, 0.29) is 18.5 Å². The molecule has 0 fully saturated rings. The number of rotatable bonds is 4. The van der Waals surface area contributed by atoms with Crippen LogP contribution in [0.4, 0.5) is 4.39 Å². The van der Waals surface area contributed by atoms with E-state index in [0.29, 0.717) is 53.3 Å². The highest BCUT2D eigenvalue weighted by Gasteiger charge is 2.26. The minimum absolute atomic E-state index is 0.121. The van der Waals surface area contributed by atoms with Crippen LogP contribution in [0.2, 0.25) is 0 Å². The van der Waals surface area contributed by atoms with E-state index in [2.05, 4.69) is 0 Å². The number of benzene rings is 3. The van der Waals surface area contributed by atoms with Crippen LogP contribution in [-0.2, 0) is 17.8 Å². The average Bonchev–Trinajstić information content (AvgIpc) is 3.35. The highest BCUT2D eigenvalue weighted by Crippen LogP contribution is 2.36. The van der Waals surface area contributed by atoms with Gasteiger partial charge in [-0.1, -0.05) is 24.3 Å². The molecule has 0 saturated carbocycles. The van der Waals surface area contributed by atoms with E-state index in [1.54, 1.807) is 58.9 Å². The van der Waals surface area contributed by atoms with Crippen LogP contribution in [-0.4, -0.2) is 35.3 Å². The molecule has 7 nitrogen and oxygen atoms in total. The summed E-state index contributed by atoms with van der Waals surface area (Å²) in [6, 6.07) is 16.4. The summed E-state index contributed by atoms with van der Waals surface area (Å²) < 4.78 is 24.3. The molecule has 0 aliphatic carbocycles. The molecule has 5 rings (SSSR count). The van der Waals surface area contributed by atoms with Gasteiger partial charge in [0.1, 0.15) is 5.82 Å². The van der Waals surface area contributed by atoms with Gasteiger partial charge in [-0.25, -0.2) is 9.87 Å². The molecule has 0 unspecified atom stereocenters. The summed E-state index contributed by atoms with van der Waals surface area (Å²) in [5.41, 5.74) is 5.60. The van der Waals surface area contributed by atoms with Gasteiger partial charge in [0.25, 0.3) is 11.8 Å². The van der Waals surface area contributed by atoms with Crippen molar-refractivity contribution < 1.29 is 28.7 Å². The quantitative estimate of drug-likeness (QED) is 0.268. The second-order valence-electron chi connectivity index (χ2n) is 8.08. The Labute approximate surface area is 195 Å². The van der Waals surface area contributed by atoms with Gasteiger partial charge in [0, 0.05) is 24.2 Å². The third-order valence-electron chi connectivity index (χ3n) is 5.96. The van der Waals surface area contributed by atoms with Crippen molar-refractivity contribution in [2.45, 2.75) is 13.0 Å². The highest BCUT2D eigenvalue weighted by atomic mass is 19.1. The van der Waals surface area contributed by atoms with Crippen molar-refractivity contribution in [1.82, 2.24) is 10.4 Å². The van der Waals surface area contributed by atoms with Crippen molar-refractivity contribution in [2.75, 3.05) is 13.3 Å². The zero-order valence-corrected chi connectivity index (χ0v) is 18.1. The number of nitrogens with zero attached hydrogens (tertiary/aromatic N) is 1. The van der Waals surface area contributed by atoms with Crippen molar-refractivity contribution in [2.24, 2.45) is 0 Å². The first-order valence-corrected chi connectivity index (χ1v) is 10.7. The van der Waals surface area contributed by atoms with Crippen LogP contribution in [0.25, 0.3) is 11.6 Å². The van der Waals surface area contributed by atoms with Crippen molar-refractivity contribution in [1.29, 1.82) is 0 Å². The molecule has 2 N–H and O–H groups in total. The van der Waals surface area contributed by atoms with Gasteiger partial charge in [-0.3, -0.25) is 14.8 Å². The minimum atomic E-state index is -0.608. The number of carbonyl (C=O) groups excluding carboxylic acids is 2. The first-order chi connectivity index (χ1) is 16.5. The molecular formula is C26H21FN2O5. The van der Waals surface area contributed by atoms with Gasteiger partial charge < -0.3 is 14.4 Å². The minimum Gasteiger partial charge on any atom is -0.454 e. The summed E-state index contributed by atoms with van der Waals surface area (Å²) >= 11 is 0. The predicted molar refractivity (Wildman–Crippen MR) is 122 cm³/mol. The summed E-state index contributed by atoms with van der Waals surface area (Å²) in [6.07, 6.45) is 2.36. The van der Waals surface area contributed by atoms with E-state index in [4.69, 9.17) is 14.7 Å². The molecule has 0 radical (unpaired) electrons. The fourth-order valence-corrected chi connectivity index (χ4v) is 4.16. The zero-order valence-electron chi connectivity index (χ0n) is 18.1. The predicted octanol–water partition coefficient (Wildman–Crippen LogP) is 3.80. The Morgan fingerprint density at radius 1 is 0.941 bits per heavy atom. The largest absolute Gasteiger partial charge is 0.454 e. The van der Waals surface area contributed by atoms with E-state index in [0.717, 1.165) is 11.1 Å². The number of hydroxylamine groups is 1. The smallest absolute Gasteiger partial charge is 0.274 e. The Morgan fingerprint density at radius 2 is 1.71 bits per heavy atom. The van der Waals surface area contributed by atoms with Crippen molar-refractivity contribution in [3.63, 3.8) is 0 Å². The van der Waals surface area contributed by atoms with Crippen LogP contribution >= 0.6 is 0 Å².